The molecule has 2 N–H and O–H groups in total. The highest BCUT2D eigenvalue weighted by atomic mass is 19.1. The Morgan fingerprint density at radius 3 is 2.92 bits per heavy atom. The van der Waals surface area contributed by atoms with E-state index in [1.807, 2.05) is 0 Å². The van der Waals surface area contributed by atoms with E-state index in [1.165, 1.54) is 31.4 Å². The van der Waals surface area contributed by atoms with E-state index < -0.39 is 0 Å². The third kappa shape index (κ3) is 2.59. The number of hydrogen-bond acceptors (Lipinski definition) is 3. The van der Waals surface area contributed by atoms with Gasteiger partial charge in [-0.15, -0.1) is 0 Å². The molecule has 0 aromatic heterocycles. The van der Waals surface area contributed by atoms with Crippen molar-refractivity contribution in [3.05, 3.63) is 29.6 Å². The molecule has 1 spiro atoms. The molecule has 0 radical (unpaired) electrons. The first-order valence-corrected chi connectivity index (χ1v) is 8.98. The number of carbonyl (C=O) groups excluding carboxylic acids is 1. The molecule has 4 rings (SSSR count). The second kappa shape index (κ2) is 6.03. The number of carbonyl (C=O) groups is 1. The van der Waals surface area contributed by atoms with Crippen LogP contribution in [-0.2, 0) is 10.2 Å². The average molecular weight is 333 g/mol. The lowest BCUT2D eigenvalue weighted by Gasteiger charge is -2.29. The van der Waals surface area contributed by atoms with Crippen LogP contribution in [0.3, 0.4) is 0 Å². The predicted octanol–water partition coefficient (Wildman–Crippen LogP) is 2.53. The Balaban J connectivity index is 1.45. The van der Waals surface area contributed by atoms with Crippen molar-refractivity contribution in [1.82, 2.24) is 5.32 Å². The summed E-state index contributed by atoms with van der Waals surface area (Å²) in [6.07, 6.45) is 6.42. The minimum atomic E-state index is -0.367. The quantitative estimate of drug-likeness (QED) is 0.890. The van der Waals surface area contributed by atoms with E-state index in [0.29, 0.717) is 24.7 Å². The lowest BCUT2D eigenvalue weighted by molar-refractivity contribution is -0.124. The van der Waals surface area contributed by atoms with Gasteiger partial charge in [-0.2, -0.15) is 0 Å². The zero-order chi connectivity index (χ0) is 16.7. The van der Waals surface area contributed by atoms with Crippen LogP contribution in [0.25, 0.3) is 0 Å². The summed E-state index contributed by atoms with van der Waals surface area (Å²) in [5.74, 6) is 0.559. The van der Waals surface area contributed by atoms with Gasteiger partial charge in [0.2, 0.25) is 5.91 Å². The Kier molecular flexibility index (Phi) is 3.99. The smallest absolute Gasteiger partial charge is 0.224 e. The fourth-order valence-corrected chi connectivity index (χ4v) is 4.54. The predicted molar refractivity (Wildman–Crippen MR) is 87.3 cm³/mol. The molecule has 1 aliphatic heterocycles. The monoisotopic (exact) mass is 333 g/mol. The number of rotatable bonds is 4. The number of amides is 1. The van der Waals surface area contributed by atoms with Gasteiger partial charge in [0.25, 0.3) is 0 Å². The summed E-state index contributed by atoms with van der Waals surface area (Å²) in [7, 11) is 0. The summed E-state index contributed by atoms with van der Waals surface area (Å²) in [5.41, 5.74) is 0.453. The molecule has 1 aromatic rings. The van der Waals surface area contributed by atoms with Crippen molar-refractivity contribution >= 4 is 5.91 Å². The summed E-state index contributed by atoms with van der Waals surface area (Å²) in [6, 6.07) is 4.37. The summed E-state index contributed by atoms with van der Waals surface area (Å²) >= 11 is 0. The maximum Gasteiger partial charge on any atom is 0.224 e. The van der Waals surface area contributed by atoms with Crippen LogP contribution >= 0.6 is 0 Å². The molecule has 3 atom stereocenters. The zero-order valence-corrected chi connectivity index (χ0v) is 13.8. The van der Waals surface area contributed by atoms with Crippen LogP contribution in [0.5, 0.6) is 5.75 Å². The Hall–Kier alpha value is -1.62. The summed E-state index contributed by atoms with van der Waals surface area (Å²) in [4.78, 5) is 12.7. The molecule has 4 nitrogen and oxygen atoms in total. The normalized spacial score (nSPS) is 29.8. The lowest BCUT2D eigenvalue weighted by atomic mass is 9.84. The minimum Gasteiger partial charge on any atom is -0.492 e. The zero-order valence-electron chi connectivity index (χ0n) is 13.8. The van der Waals surface area contributed by atoms with Gasteiger partial charge in [-0.1, -0.05) is 19.3 Å². The van der Waals surface area contributed by atoms with Crippen molar-refractivity contribution in [3.8, 4) is 5.75 Å². The van der Waals surface area contributed by atoms with Crippen molar-refractivity contribution in [2.45, 2.75) is 50.0 Å². The minimum absolute atomic E-state index is 0.0160. The number of benzene rings is 1. The molecule has 1 aromatic carbocycles. The number of hydrogen-bond donors (Lipinski definition) is 2. The van der Waals surface area contributed by atoms with Gasteiger partial charge in [-0.25, -0.2) is 4.39 Å². The molecule has 130 valence electrons. The number of nitrogens with one attached hydrogen (secondary N) is 1. The molecule has 2 fully saturated rings. The van der Waals surface area contributed by atoms with Crippen LogP contribution in [0.2, 0.25) is 0 Å². The fourth-order valence-electron chi connectivity index (χ4n) is 4.54. The SMILES string of the molecule is O=C(N[C@@H](CO)C1CCCCC1)C1CC12COc1ccc(F)cc12. The van der Waals surface area contributed by atoms with Gasteiger partial charge < -0.3 is 15.2 Å². The Morgan fingerprint density at radius 2 is 2.17 bits per heavy atom. The van der Waals surface area contributed by atoms with E-state index in [9.17, 15) is 14.3 Å². The first-order chi connectivity index (χ1) is 11.6. The second-order valence-electron chi connectivity index (χ2n) is 7.54. The summed E-state index contributed by atoms with van der Waals surface area (Å²) in [6.45, 7) is 0.426. The molecule has 2 unspecified atom stereocenters. The summed E-state index contributed by atoms with van der Waals surface area (Å²) in [5, 5.41) is 12.7. The molecule has 2 aliphatic carbocycles. The molecule has 2 saturated carbocycles. The van der Waals surface area contributed by atoms with Crippen LogP contribution in [-0.4, -0.2) is 30.3 Å². The first kappa shape index (κ1) is 15.9. The Morgan fingerprint density at radius 1 is 1.38 bits per heavy atom. The van der Waals surface area contributed by atoms with E-state index in [4.69, 9.17) is 4.74 Å². The fraction of sp³-hybridized carbons (Fsp3) is 0.632. The van der Waals surface area contributed by atoms with E-state index in [2.05, 4.69) is 5.32 Å². The molecular formula is C19H24FNO3. The van der Waals surface area contributed by atoms with Gasteiger partial charge in [0.05, 0.1) is 25.2 Å². The summed E-state index contributed by atoms with van der Waals surface area (Å²) < 4.78 is 19.2. The lowest BCUT2D eigenvalue weighted by Crippen LogP contribution is -2.45. The average Bonchev–Trinajstić information content (AvgIpc) is 3.24. The maximum atomic E-state index is 13.6. The molecule has 0 bridgehead atoms. The van der Waals surface area contributed by atoms with E-state index in [0.717, 1.165) is 18.4 Å². The highest BCUT2D eigenvalue weighted by Crippen LogP contribution is 2.60. The van der Waals surface area contributed by atoms with Gasteiger partial charge >= 0.3 is 0 Å². The topological polar surface area (TPSA) is 58.6 Å². The highest BCUT2D eigenvalue weighted by molar-refractivity contribution is 5.85. The van der Waals surface area contributed by atoms with Crippen molar-refractivity contribution in [3.63, 3.8) is 0 Å². The van der Waals surface area contributed by atoms with Crippen LogP contribution in [0.15, 0.2) is 18.2 Å². The second-order valence-corrected chi connectivity index (χ2v) is 7.54. The third-order valence-electron chi connectivity index (χ3n) is 6.10. The van der Waals surface area contributed by atoms with Crippen molar-refractivity contribution in [2.75, 3.05) is 13.2 Å². The number of fused-ring (bicyclic) bond motifs is 2. The standard InChI is InChI=1S/C19H24FNO3/c20-13-6-7-17-14(8-13)19(11-24-17)9-15(19)18(23)21-16(10-22)12-4-2-1-3-5-12/h6-8,12,15-16,22H,1-5,9-11H2,(H,21,23)/t15?,16-,19?/m0/s1. The molecular weight excluding hydrogens is 309 g/mol. The van der Waals surface area contributed by atoms with Gasteiger partial charge in [-0.3, -0.25) is 4.79 Å². The molecule has 24 heavy (non-hydrogen) atoms. The van der Waals surface area contributed by atoms with Crippen molar-refractivity contribution in [2.24, 2.45) is 11.8 Å². The number of aliphatic hydroxyl groups excluding tert-OH is 1. The van der Waals surface area contributed by atoms with Crippen LogP contribution in [0.1, 0.15) is 44.1 Å². The molecule has 1 amide bonds. The Bertz CT molecular complexity index is 643. The van der Waals surface area contributed by atoms with Gasteiger partial charge in [0.15, 0.2) is 0 Å². The molecule has 1 heterocycles. The van der Waals surface area contributed by atoms with E-state index in [-0.39, 0.29) is 35.7 Å². The van der Waals surface area contributed by atoms with Crippen LogP contribution < -0.4 is 10.1 Å². The van der Waals surface area contributed by atoms with Crippen LogP contribution in [0, 0.1) is 17.7 Å². The van der Waals surface area contributed by atoms with Gasteiger partial charge in [-0.05, 0) is 43.4 Å². The largest absolute Gasteiger partial charge is 0.492 e. The van der Waals surface area contributed by atoms with Gasteiger partial charge in [0, 0.05) is 11.0 Å². The van der Waals surface area contributed by atoms with Crippen LogP contribution in [0.4, 0.5) is 4.39 Å². The highest BCUT2D eigenvalue weighted by Gasteiger charge is 2.63. The number of halogens is 1. The maximum absolute atomic E-state index is 13.6. The van der Waals surface area contributed by atoms with E-state index >= 15 is 0 Å². The molecule has 0 saturated heterocycles. The number of ether oxygens (including phenoxy) is 1. The molecule has 5 heteroatoms. The first-order valence-electron chi connectivity index (χ1n) is 8.98. The van der Waals surface area contributed by atoms with Gasteiger partial charge in [0.1, 0.15) is 11.6 Å². The third-order valence-corrected chi connectivity index (χ3v) is 6.10. The van der Waals surface area contributed by atoms with E-state index in [1.54, 1.807) is 6.07 Å². The molecule has 3 aliphatic rings. The van der Waals surface area contributed by atoms with Crippen molar-refractivity contribution < 1.29 is 19.0 Å². The van der Waals surface area contributed by atoms with Crippen molar-refractivity contribution in [1.29, 1.82) is 0 Å². The number of aliphatic hydroxyl groups is 1. The Labute approximate surface area is 141 Å².